The molecular weight excluding hydrogens is 410 g/mol. The molecule has 0 atom stereocenters. The summed E-state index contributed by atoms with van der Waals surface area (Å²) in [7, 11) is 0. The van der Waals surface area contributed by atoms with Crippen molar-refractivity contribution in [3.05, 3.63) is 114 Å². The monoisotopic (exact) mass is 433 g/mol. The van der Waals surface area contributed by atoms with E-state index in [4.69, 9.17) is 9.72 Å². The molecule has 0 aliphatic carbocycles. The first kappa shape index (κ1) is 19.5. The Balaban J connectivity index is 1.44. The molecule has 6 rings (SSSR count). The van der Waals surface area contributed by atoms with Gasteiger partial charge in [0.1, 0.15) is 12.4 Å². The molecule has 1 aliphatic rings. The number of nitrogens with zero attached hydrogens (tertiary/aromatic N) is 5. The maximum absolute atomic E-state index is 6.02. The topological polar surface area (TPSA) is 57.8 Å². The van der Waals surface area contributed by atoms with Crippen LogP contribution in [-0.4, -0.2) is 24.3 Å². The van der Waals surface area contributed by atoms with Gasteiger partial charge in [-0.2, -0.15) is 0 Å². The standard InChI is InChI=1S/C27H23N5O/c1-19-12-13-24-22(14-19)27-30-29-26(17-33-21-10-6-3-7-11-21)31(27)16-25-23(28-18-32(24)25)15-20-8-4-2-5-9-20/h2-14,18H,15-17H2,1H3. The average molecular weight is 434 g/mol. The summed E-state index contributed by atoms with van der Waals surface area (Å²) in [4.78, 5) is 4.81. The smallest absolute Gasteiger partial charge is 0.171 e. The zero-order chi connectivity index (χ0) is 22.2. The number of hydrogen-bond acceptors (Lipinski definition) is 4. The zero-order valence-electron chi connectivity index (χ0n) is 18.3. The molecule has 0 unspecified atom stereocenters. The van der Waals surface area contributed by atoms with Gasteiger partial charge in [0.2, 0.25) is 0 Å². The summed E-state index contributed by atoms with van der Waals surface area (Å²) < 4.78 is 10.4. The number of rotatable bonds is 5. The number of fused-ring (bicyclic) bond motifs is 5. The molecule has 0 fully saturated rings. The molecule has 0 amide bonds. The number of aromatic nitrogens is 5. The first-order valence-electron chi connectivity index (χ1n) is 11.1. The van der Waals surface area contributed by atoms with Gasteiger partial charge in [0.15, 0.2) is 11.6 Å². The van der Waals surface area contributed by atoms with Crippen LogP contribution in [0.3, 0.4) is 0 Å². The van der Waals surface area contributed by atoms with E-state index < -0.39 is 0 Å². The van der Waals surface area contributed by atoms with E-state index in [9.17, 15) is 0 Å². The minimum atomic E-state index is 0.348. The van der Waals surface area contributed by atoms with Gasteiger partial charge in [-0.3, -0.25) is 0 Å². The second-order valence-electron chi connectivity index (χ2n) is 8.32. The number of imidazole rings is 1. The fourth-order valence-corrected chi connectivity index (χ4v) is 4.38. The van der Waals surface area contributed by atoms with Gasteiger partial charge < -0.3 is 13.9 Å². The number of benzene rings is 3. The lowest BCUT2D eigenvalue weighted by Gasteiger charge is -2.11. The molecule has 6 heteroatoms. The molecule has 3 heterocycles. The normalized spacial score (nSPS) is 11.9. The van der Waals surface area contributed by atoms with E-state index >= 15 is 0 Å². The number of hydrogen-bond donors (Lipinski definition) is 0. The van der Waals surface area contributed by atoms with Gasteiger partial charge in [-0.1, -0.05) is 60.2 Å². The Morgan fingerprint density at radius 3 is 2.52 bits per heavy atom. The van der Waals surface area contributed by atoms with Gasteiger partial charge in [-0.05, 0) is 36.8 Å². The first-order chi connectivity index (χ1) is 16.3. The molecule has 0 radical (unpaired) electrons. The van der Waals surface area contributed by atoms with E-state index in [-0.39, 0.29) is 0 Å². The predicted octanol–water partition coefficient (Wildman–Crippen LogP) is 4.97. The Kier molecular flexibility index (Phi) is 4.76. The fraction of sp³-hybridized carbons (Fsp3) is 0.148. The largest absolute Gasteiger partial charge is 0.486 e. The van der Waals surface area contributed by atoms with Crippen molar-refractivity contribution in [3.63, 3.8) is 0 Å². The highest BCUT2D eigenvalue weighted by Gasteiger charge is 2.26. The second-order valence-corrected chi connectivity index (χ2v) is 8.32. The van der Waals surface area contributed by atoms with Gasteiger partial charge in [0.25, 0.3) is 0 Å². The van der Waals surface area contributed by atoms with Crippen LogP contribution in [0.2, 0.25) is 0 Å². The third-order valence-corrected chi connectivity index (χ3v) is 6.07. The summed E-state index contributed by atoms with van der Waals surface area (Å²) >= 11 is 0. The lowest BCUT2D eigenvalue weighted by Crippen LogP contribution is -2.11. The van der Waals surface area contributed by atoms with Crippen molar-refractivity contribution in [1.82, 2.24) is 24.3 Å². The van der Waals surface area contributed by atoms with Gasteiger partial charge >= 0.3 is 0 Å². The van der Waals surface area contributed by atoms with E-state index in [1.54, 1.807) is 0 Å². The quantitative estimate of drug-likeness (QED) is 0.385. The van der Waals surface area contributed by atoms with Crippen LogP contribution in [0.1, 0.15) is 28.3 Å². The Morgan fingerprint density at radius 1 is 0.909 bits per heavy atom. The SMILES string of the molecule is Cc1ccc2c(c1)-c1nnc(COc3ccccc3)n1Cc1c(Cc3ccccc3)ncn1-2. The molecular formula is C27H23N5O. The van der Waals surface area contributed by atoms with Crippen molar-refractivity contribution in [2.24, 2.45) is 0 Å². The van der Waals surface area contributed by atoms with Gasteiger partial charge in [-0.25, -0.2) is 4.98 Å². The van der Waals surface area contributed by atoms with E-state index in [0.717, 1.165) is 46.5 Å². The minimum Gasteiger partial charge on any atom is -0.486 e. The summed E-state index contributed by atoms with van der Waals surface area (Å²) in [5.41, 5.74) is 6.75. The third kappa shape index (κ3) is 3.59. The molecule has 5 aromatic rings. The van der Waals surface area contributed by atoms with E-state index in [1.165, 1.54) is 11.1 Å². The Morgan fingerprint density at radius 2 is 1.70 bits per heavy atom. The summed E-state index contributed by atoms with van der Waals surface area (Å²) in [6.45, 7) is 3.08. The van der Waals surface area contributed by atoms with Gasteiger partial charge in [0, 0.05) is 12.0 Å². The van der Waals surface area contributed by atoms with Crippen molar-refractivity contribution >= 4 is 0 Å². The summed E-state index contributed by atoms with van der Waals surface area (Å²) in [6.07, 6.45) is 2.71. The van der Waals surface area contributed by atoms with Crippen LogP contribution in [-0.2, 0) is 19.6 Å². The molecule has 0 spiro atoms. The van der Waals surface area contributed by atoms with Crippen LogP contribution >= 0.6 is 0 Å². The summed E-state index contributed by atoms with van der Waals surface area (Å²) in [6, 6.07) is 26.7. The highest BCUT2D eigenvalue weighted by atomic mass is 16.5. The highest BCUT2D eigenvalue weighted by molar-refractivity contribution is 5.70. The molecule has 0 saturated carbocycles. The van der Waals surface area contributed by atoms with Crippen LogP contribution in [0.25, 0.3) is 17.1 Å². The summed E-state index contributed by atoms with van der Waals surface area (Å²) in [5, 5.41) is 9.10. The van der Waals surface area contributed by atoms with E-state index in [0.29, 0.717) is 13.2 Å². The Hall–Kier alpha value is -4.19. The summed E-state index contributed by atoms with van der Waals surface area (Å²) in [5.74, 6) is 2.46. The molecule has 0 bridgehead atoms. The lowest BCUT2D eigenvalue weighted by atomic mass is 10.1. The Bertz CT molecular complexity index is 1420. The van der Waals surface area contributed by atoms with E-state index in [2.05, 4.69) is 68.7 Å². The van der Waals surface area contributed by atoms with Gasteiger partial charge in [-0.15, -0.1) is 10.2 Å². The highest BCUT2D eigenvalue weighted by Crippen LogP contribution is 2.33. The first-order valence-corrected chi connectivity index (χ1v) is 11.1. The van der Waals surface area contributed by atoms with Crippen LogP contribution < -0.4 is 4.74 Å². The van der Waals surface area contributed by atoms with Crippen LogP contribution in [0.15, 0.2) is 85.2 Å². The molecule has 0 saturated heterocycles. The number of ether oxygens (including phenoxy) is 1. The van der Waals surface area contributed by atoms with E-state index in [1.807, 2.05) is 42.7 Å². The fourth-order valence-electron chi connectivity index (χ4n) is 4.38. The zero-order valence-corrected chi connectivity index (χ0v) is 18.3. The van der Waals surface area contributed by atoms with Crippen molar-refractivity contribution < 1.29 is 4.74 Å². The second kappa shape index (κ2) is 8.06. The van der Waals surface area contributed by atoms with Gasteiger partial charge in [0.05, 0.1) is 29.9 Å². The maximum atomic E-state index is 6.02. The molecule has 6 nitrogen and oxygen atoms in total. The van der Waals surface area contributed by atoms with Crippen molar-refractivity contribution in [1.29, 1.82) is 0 Å². The lowest BCUT2D eigenvalue weighted by molar-refractivity contribution is 0.290. The average Bonchev–Trinajstić information content (AvgIpc) is 3.40. The minimum absolute atomic E-state index is 0.348. The van der Waals surface area contributed by atoms with Crippen LogP contribution in [0.4, 0.5) is 0 Å². The Labute approximate surface area is 192 Å². The van der Waals surface area contributed by atoms with Crippen molar-refractivity contribution in [3.8, 4) is 22.8 Å². The van der Waals surface area contributed by atoms with Crippen LogP contribution in [0.5, 0.6) is 5.75 Å². The molecule has 33 heavy (non-hydrogen) atoms. The third-order valence-electron chi connectivity index (χ3n) is 6.07. The molecule has 3 aromatic carbocycles. The molecule has 1 aliphatic heterocycles. The number of para-hydroxylation sites is 1. The molecule has 2 aromatic heterocycles. The molecule has 162 valence electrons. The van der Waals surface area contributed by atoms with Crippen molar-refractivity contribution in [2.45, 2.75) is 26.5 Å². The maximum Gasteiger partial charge on any atom is 0.171 e. The number of aryl methyl sites for hydroxylation is 1. The van der Waals surface area contributed by atoms with Crippen molar-refractivity contribution in [2.75, 3.05) is 0 Å². The van der Waals surface area contributed by atoms with Crippen LogP contribution in [0, 0.1) is 6.92 Å². The predicted molar refractivity (Wildman–Crippen MR) is 126 cm³/mol. The molecule has 0 N–H and O–H groups in total.